The number of ether oxygens (including phenoxy) is 1. The Balaban J connectivity index is 2.02. The zero-order valence-electron chi connectivity index (χ0n) is 13.0. The predicted molar refractivity (Wildman–Crippen MR) is 76.3 cm³/mol. The average molecular weight is 367 g/mol. The van der Waals surface area contributed by atoms with Gasteiger partial charge in [0.05, 0.1) is 17.9 Å². The molecule has 11 heteroatoms. The van der Waals surface area contributed by atoms with E-state index in [9.17, 15) is 21.6 Å². The van der Waals surface area contributed by atoms with E-state index in [0.717, 1.165) is 4.68 Å². The molecule has 3 heterocycles. The van der Waals surface area contributed by atoms with Gasteiger partial charge in [-0.05, 0) is 19.9 Å². The van der Waals surface area contributed by atoms with Crippen molar-refractivity contribution in [2.24, 2.45) is 0 Å². The summed E-state index contributed by atoms with van der Waals surface area (Å²) < 4.78 is 71.0. The number of sulfone groups is 1. The van der Waals surface area contributed by atoms with E-state index in [1.54, 1.807) is 13.8 Å². The molecule has 1 aromatic heterocycles. The van der Waals surface area contributed by atoms with Crippen molar-refractivity contribution in [3.63, 3.8) is 0 Å². The minimum absolute atomic E-state index is 0.143. The average Bonchev–Trinajstić information content (AvgIpc) is 3.00. The second kappa shape index (κ2) is 5.38. The minimum Gasteiger partial charge on any atom is -0.478 e. The smallest absolute Gasteiger partial charge is 0.435 e. The van der Waals surface area contributed by atoms with Crippen molar-refractivity contribution in [3.8, 4) is 5.88 Å². The van der Waals surface area contributed by atoms with Gasteiger partial charge in [-0.2, -0.15) is 18.3 Å². The molecule has 0 amide bonds. The van der Waals surface area contributed by atoms with Crippen LogP contribution in [0.5, 0.6) is 5.88 Å². The van der Waals surface area contributed by atoms with Gasteiger partial charge in [-0.1, -0.05) is 0 Å². The van der Waals surface area contributed by atoms with E-state index >= 15 is 0 Å². The first-order valence-electron chi connectivity index (χ1n) is 7.19. The minimum atomic E-state index is -4.77. The molecule has 0 aliphatic carbocycles. The molecule has 0 radical (unpaired) electrons. The highest BCUT2D eigenvalue weighted by molar-refractivity contribution is 7.94. The van der Waals surface area contributed by atoms with E-state index in [0.29, 0.717) is 6.42 Å². The highest BCUT2D eigenvalue weighted by Gasteiger charge is 2.42. The number of nitrogens with one attached hydrogen (secondary N) is 1. The Morgan fingerprint density at radius 1 is 1.42 bits per heavy atom. The Hall–Kier alpha value is -1.75. The number of hydrogen-bond acceptors (Lipinski definition) is 6. The molecule has 2 aliphatic heterocycles. The summed E-state index contributed by atoms with van der Waals surface area (Å²) >= 11 is 0. The number of rotatable bonds is 3. The molecule has 134 valence electrons. The summed E-state index contributed by atoms with van der Waals surface area (Å²) in [6.07, 6.45) is -2.95. The van der Waals surface area contributed by atoms with Gasteiger partial charge in [0.25, 0.3) is 0 Å². The zero-order valence-corrected chi connectivity index (χ0v) is 13.8. The van der Waals surface area contributed by atoms with Crippen LogP contribution >= 0.6 is 0 Å². The number of hydroxylamine groups is 1. The van der Waals surface area contributed by atoms with Gasteiger partial charge >= 0.3 is 6.18 Å². The summed E-state index contributed by atoms with van der Waals surface area (Å²) in [6, 6.07) is 0. The quantitative estimate of drug-likeness (QED) is 0.877. The van der Waals surface area contributed by atoms with E-state index in [1.165, 1.54) is 6.08 Å². The molecule has 0 bridgehead atoms. The van der Waals surface area contributed by atoms with Gasteiger partial charge in [0.15, 0.2) is 20.6 Å². The van der Waals surface area contributed by atoms with Crippen LogP contribution in [-0.2, 0) is 33.1 Å². The van der Waals surface area contributed by atoms with Crippen LogP contribution in [0.4, 0.5) is 13.2 Å². The first kappa shape index (κ1) is 17.1. The van der Waals surface area contributed by atoms with Crippen molar-refractivity contribution in [3.05, 3.63) is 22.4 Å². The Kier molecular flexibility index (Phi) is 3.83. The lowest BCUT2D eigenvalue weighted by atomic mass is 10.1. The van der Waals surface area contributed by atoms with E-state index < -0.39 is 38.6 Å². The summed E-state index contributed by atoms with van der Waals surface area (Å²) in [7, 11) is -4.08. The number of fused-ring (bicyclic) bond motifs is 1. The zero-order chi connectivity index (χ0) is 17.8. The highest BCUT2D eigenvalue weighted by atomic mass is 32.2. The van der Waals surface area contributed by atoms with Crippen LogP contribution in [0.25, 0.3) is 0 Å². The highest BCUT2D eigenvalue weighted by Crippen LogP contribution is 2.38. The van der Waals surface area contributed by atoms with Crippen LogP contribution in [0, 0.1) is 0 Å². The molecule has 0 atom stereocenters. The Bertz CT molecular complexity index is 796. The number of alkyl halides is 3. The molecule has 0 saturated carbocycles. The van der Waals surface area contributed by atoms with Crippen LogP contribution < -0.4 is 10.2 Å². The normalized spacial score (nSPS) is 20.1. The van der Waals surface area contributed by atoms with Crippen molar-refractivity contribution < 1.29 is 31.2 Å². The third kappa shape index (κ3) is 3.09. The van der Waals surface area contributed by atoms with Gasteiger partial charge in [-0.25, -0.2) is 13.1 Å². The SMILES string of the molecule is CC1(C)C=C(S(=O)(=O)Cc2c(C(F)(F)F)nn3c2OCCC3)NO1. The molecule has 2 aliphatic rings. The van der Waals surface area contributed by atoms with Crippen LogP contribution in [0.15, 0.2) is 11.1 Å². The first-order valence-corrected chi connectivity index (χ1v) is 8.84. The van der Waals surface area contributed by atoms with Crippen LogP contribution in [0.2, 0.25) is 0 Å². The fourth-order valence-corrected chi connectivity index (χ4v) is 3.94. The number of hydrogen-bond donors (Lipinski definition) is 1. The van der Waals surface area contributed by atoms with Crippen LogP contribution in [-0.4, -0.2) is 30.4 Å². The summed E-state index contributed by atoms with van der Waals surface area (Å²) in [5, 5.41) is 3.23. The molecule has 0 unspecified atom stereocenters. The van der Waals surface area contributed by atoms with Crippen molar-refractivity contribution >= 4 is 9.84 Å². The molecular weight excluding hydrogens is 351 g/mol. The molecular formula is C13H16F3N3O4S. The summed E-state index contributed by atoms with van der Waals surface area (Å²) in [4.78, 5) is 5.07. The molecule has 0 saturated heterocycles. The Morgan fingerprint density at radius 3 is 2.71 bits per heavy atom. The fraction of sp³-hybridized carbons (Fsp3) is 0.615. The monoisotopic (exact) mass is 367 g/mol. The number of aryl methyl sites for hydroxylation is 1. The maximum atomic E-state index is 13.2. The van der Waals surface area contributed by atoms with Crippen LogP contribution in [0.1, 0.15) is 31.5 Å². The molecule has 24 heavy (non-hydrogen) atoms. The maximum absolute atomic E-state index is 13.2. The molecule has 0 fully saturated rings. The molecule has 3 rings (SSSR count). The summed E-state index contributed by atoms with van der Waals surface area (Å²) in [5.74, 6) is -1.02. The second-order valence-corrected chi connectivity index (χ2v) is 8.09. The Morgan fingerprint density at radius 2 is 2.12 bits per heavy atom. The Labute approximate surface area is 136 Å². The van der Waals surface area contributed by atoms with Gasteiger partial charge in [0, 0.05) is 13.0 Å². The largest absolute Gasteiger partial charge is 0.478 e. The van der Waals surface area contributed by atoms with Crippen molar-refractivity contribution in [2.75, 3.05) is 6.61 Å². The number of aromatic nitrogens is 2. The van der Waals surface area contributed by atoms with E-state index in [-0.39, 0.29) is 24.1 Å². The van der Waals surface area contributed by atoms with Crippen LogP contribution in [0.3, 0.4) is 0 Å². The van der Waals surface area contributed by atoms with Gasteiger partial charge < -0.3 is 4.74 Å². The predicted octanol–water partition coefficient (Wildman–Crippen LogP) is 1.75. The summed E-state index contributed by atoms with van der Waals surface area (Å²) in [6.45, 7) is 3.70. The lowest BCUT2D eigenvalue weighted by Gasteiger charge is -2.16. The van der Waals surface area contributed by atoms with E-state index in [1.807, 2.05) is 0 Å². The topological polar surface area (TPSA) is 82.5 Å². The van der Waals surface area contributed by atoms with Crippen molar-refractivity contribution in [1.82, 2.24) is 15.3 Å². The molecule has 0 spiro atoms. The maximum Gasteiger partial charge on any atom is 0.435 e. The number of halogens is 3. The first-order chi connectivity index (χ1) is 11.0. The fourth-order valence-electron chi connectivity index (χ4n) is 2.52. The third-order valence-electron chi connectivity index (χ3n) is 3.58. The second-order valence-electron chi connectivity index (χ2n) is 6.13. The van der Waals surface area contributed by atoms with E-state index in [4.69, 9.17) is 9.57 Å². The third-order valence-corrected chi connectivity index (χ3v) is 5.12. The lowest BCUT2D eigenvalue weighted by molar-refractivity contribution is -0.142. The van der Waals surface area contributed by atoms with Crippen molar-refractivity contribution in [2.45, 2.75) is 44.3 Å². The summed E-state index contributed by atoms with van der Waals surface area (Å²) in [5.41, 5.74) is -0.321. The van der Waals surface area contributed by atoms with Gasteiger partial charge in [-0.15, -0.1) is 0 Å². The number of nitrogens with zero attached hydrogens (tertiary/aromatic N) is 2. The van der Waals surface area contributed by atoms with E-state index in [2.05, 4.69) is 10.6 Å². The van der Waals surface area contributed by atoms with Gasteiger partial charge in [-0.3, -0.25) is 10.3 Å². The van der Waals surface area contributed by atoms with Gasteiger partial charge in [0.2, 0.25) is 5.88 Å². The molecule has 1 aromatic rings. The van der Waals surface area contributed by atoms with Crippen molar-refractivity contribution in [1.29, 1.82) is 0 Å². The molecule has 1 N–H and O–H groups in total. The van der Waals surface area contributed by atoms with Gasteiger partial charge in [0.1, 0.15) is 5.60 Å². The lowest BCUT2D eigenvalue weighted by Crippen LogP contribution is -2.23. The molecule has 0 aromatic carbocycles. The molecule has 7 nitrogen and oxygen atoms in total. The standard InChI is InChI=1S/C13H16F3N3O4S/c1-12(2)6-9(18-23-12)24(20,21)7-8-10(13(14,15)16)17-19-4-3-5-22-11(8)19/h6,18H,3-5,7H2,1-2H3.